The number of pyridine rings is 1. The number of carbonyl (C=O) groups excluding carboxylic acids is 2. The number of carbonyl (C=O) groups is 2. The van der Waals surface area contributed by atoms with Crippen molar-refractivity contribution in [2.24, 2.45) is 7.05 Å². The Labute approximate surface area is 121 Å². The predicted octanol–water partition coefficient (Wildman–Crippen LogP) is 0.951. The number of rotatable bonds is 3. The molecule has 0 saturated heterocycles. The fraction of sp³-hybridized carbons (Fsp3) is 0.267. The van der Waals surface area contributed by atoms with Gasteiger partial charge in [0.2, 0.25) is 0 Å². The Bertz CT molecular complexity index is 792. The van der Waals surface area contributed by atoms with E-state index in [-0.39, 0.29) is 17.1 Å². The zero-order valence-electron chi connectivity index (χ0n) is 12.0. The highest BCUT2D eigenvalue weighted by Crippen LogP contribution is 2.25. The van der Waals surface area contributed by atoms with Crippen molar-refractivity contribution in [3.63, 3.8) is 0 Å². The minimum atomic E-state index is -0.762. The van der Waals surface area contributed by atoms with Crippen LogP contribution in [0.5, 0.6) is 5.75 Å². The number of amides is 1. The van der Waals surface area contributed by atoms with Crippen molar-refractivity contribution >= 4 is 22.6 Å². The molecule has 21 heavy (non-hydrogen) atoms. The summed E-state index contributed by atoms with van der Waals surface area (Å²) >= 11 is 0. The molecule has 2 aromatic rings. The number of aromatic hydroxyl groups is 1. The zero-order valence-corrected chi connectivity index (χ0v) is 12.0. The molecule has 0 aliphatic carbocycles. The third kappa shape index (κ3) is 2.52. The minimum Gasteiger partial charge on any atom is -0.506 e. The Morgan fingerprint density at radius 3 is 2.52 bits per heavy atom. The van der Waals surface area contributed by atoms with Crippen LogP contribution in [0.2, 0.25) is 0 Å². The number of fused-ring (bicyclic) bond motifs is 1. The quantitative estimate of drug-likeness (QED) is 0.880. The lowest BCUT2D eigenvalue weighted by atomic mass is 10.1. The van der Waals surface area contributed by atoms with E-state index in [0.29, 0.717) is 10.9 Å². The van der Waals surface area contributed by atoms with Gasteiger partial charge in [0.25, 0.3) is 11.5 Å². The van der Waals surface area contributed by atoms with Crippen molar-refractivity contribution in [2.45, 2.75) is 19.9 Å². The summed E-state index contributed by atoms with van der Waals surface area (Å²) in [6, 6.07) is 6.00. The molecule has 2 N–H and O–H groups in total. The van der Waals surface area contributed by atoms with Gasteiger partial charge in [-0.15, -0.1) is 0 Å². The second-order valence-electron chi connectivity index (χ2n) is 4.91. The van der Waals surface area contributed by atoms with Crippen LogP contribution in [0.4, 0.5) is 0 Å². The predicted molar refractivity (Wildman–Crippen MR) is 78.5 cm³/mol. The number of benzene rings is 1. The Morgan fingerprint density at radius 1 is 1.29 bits per heavy atom. The number of para-hydroxylation sites is 1. The van der Waals surface area contributed by atoms with Gasteiger partial charge in [0.05, 0.1) is 11.6 Å². The number of nitrogens with zero attached hydrogens (tertiary/aromatic N) is 1. The first-order chi connectivity index (χ1) is 9.84. The van der Waals surface area contributed by atoms with E-state index in [4.69, 9.17) is 0 Å². The third-order valence-electron chi connectivity index (χ3n) is 3.46. The second-order valence-corrected chi connectivity index (χ2v) is 4.91. The van der Waals surface area contributed by atoms with E-state index in [0.717, 1.165) is 0 Å². The van der Waals surface area contributed by atoms with E-state index in [1.807, 2.05) is 0 Å². The molecule has 1 aromatic carbocycles. The lowest BCUT2D eigenvalue weighted by Crippen LogP contribution is -2.40. The molecule has 0 aliphatic heterocycles. The molecule has 0 radical (unpaired) electrons. The molecule has 2 rings (SSSR count). The van der Waals surface area contributed by atoms with E-state index in [1.165, 1.54) is 25.5 Å². The summed E-state index contributed by atoms with van der Waals surface area (Å²) in [4.78, 5) is 35.6. The van der Waals surface area contributed by atoms with E-state index in [9.17, 15) is 19.5 Å². The van der Waals surface area contributed by atoms with E-state index in [2.05, 4.69) is 5.32 Å². The fourth-order valence-corrected chi connectivity index (χ4v) is 2.05. The van der Waals surface area contributed by atoms with E-state index < -0.39 is 17.5 Å². The van der Waals surface area contributed by atoms with E-state index >= 15 is 0 Å². The summed E-state index contributed by atoms with van der Waals surface area (Å²) < 4.78 is 1.29. The molecule has 110 valence electrons. The Hall–Kier alpha value is -2.63. The number of Topliss-reactive ketones (excluding diaryl/α,β-unsaturated/α-hetero) is 1. The average molecular weight is 288 g/mol. The van der Waals surface area contributed by atoms with Crippen molar-refractivity contribution in [3.05, 3.63) is 40.2 Å². The number of ketones is 1. The molecule has 0 saturated carbocycles. The first-order valence-corrected chi connectivity index (χ1v) is 6.46. The number of hydrogen-bond donors (Lipinski definition) is 2. The van der Waals surface area contributed by atoms with Crippen LogP contribution in [0.3, 0.4) is 0 Å². The average Bonchev–Trinajstić information content (AvgIpc) is 2.45. The molecule has 0 bridgehead atoms. The van der Waals surface area contributed by atoms with Crippen LogP contribution in [0, 0.1) is 0 Å². The van der Waals surface area contributed by atoms with Crippen molar-refractivity contribution < 1.29 is 14.7 Å². The second kappa shape index (κ2) is 5.40. The Morgan fingerprint density at radius 2 is 1.90 bits per heavy atom. The molecule has 0 spiro atoms. The standard InChI is InChI=1S/C15H16N2O4/c1-8(9(2)18)16-14(20)12-13(19)10-6-4-5-7-11(10)17(3)15(12)21/h4-8,19H,1-3H3,(H,16,20)/t8-/m0/s1. The fourth-order valence-electron chi connectivity index (χ4n) is 2.05. The SMILES string of the molecule is CC(=O)[C@H](C)NC(=O)c1c(O)c2ccccc2n(C)c1=O. The molecule has 0 fully saturated rings. The summed E-state index contributed by atoms with van der Waals surface area (Å²) in [7, 11) is 1.52. The maximum Gasteiger partial charge on any atom is 0.267 e. The van der Waals surface area contributed by atoms with Gasteiger partial charge in [-0.1, -0.05) is 12.1 Å². The number of hydrogen-bond acceptors (Lipinski definition) is 4. The highest BCUT2D eigenvalue weighted by atomic mass is 16.3. The number of aryl methyl sites for hydroxylation is 1. The monoisotopic (exact) mass is 288 g/mol. The van der Waals surface area contributed by atoms with Gasteiger partial charge in [-0.05, 0) is 26.0 Å². The van der Waals surface area contributed by atoms with Gasteiger partial charge in [-0.25, -0.2) is 0 Å². The molecule has 1 atom stereocenters. The first-order valence-electron chi connectivity index (χ1n) is 6.46. The molecule has 6 heteroatoms. The Balaban J connectivity index is 2.62. The zero-order chi connectivity index (χ0) is 15.7. The van der Waals surface area contributed by atoms with E-state index in [1.54, 1.807) is 24.3 Å². The maximum absolute atomic E-state index is 12.3. The largest absolute Gasteiger partial charge is 0.506 e. The van der Waals surface area contributed by atoms with Crippen molar-refractivity contribution in [3.8, 4) is 5.75 Å². The van der Waals surface area contributed by atoms with Crippen molar-refractivity contribution in [1.29, 1.82) is 0 Å². The van der Waals surface area contributed by atoms with Gasteiger partial charge in [-0.2, -0.15) is 0 Å². The number of aromatic nitrogens is 1. The summed E-state index contributed by atoms with van der Waals surface area (Å²) in [6.07, 6.45) is 0. The highest BCUT2D eigenvalue weighted by Gasteiger charge is 2.22. The molecule has 0 aliphatic rings. The van der Waals surface area contributed by atoms with Crippen LogP contribution in [0.25, 0.3) is 10.9 Å². The lowest BCUT2D eigenvalue weighted by molar-refractivity contribution is -0.118. The summed E-state index contributed by atoms with van der Waals surface area (Å²) in [6.45, 7) is 2.85. The molecule has 6 nitrogen and oxygen atoms in total. The molecular weight excluding hydrogens is 272 g/mol. The van der Waals surface area contributed by atoms with Gasteiger partial charge in [0.15, 0.2) is 5.78 Å². The maximum atomic E-state index is 12.3. The lowest BCUT2D eigenvalue weighted by Gasteiger charge is -2.14. The normalized spacial score (nSPS) is 12.1. The number of nitrogens with one attached hydrogen (secondary N) is 1. The minimum absolute atomic E-state index is 0.236. The van der Waals surface area contributed by atoms with Crippen molar-refractivity contribution in [1.82, 2.24) is 9.88 Å². The highest BCUT2D eigenvalue weighted by molar-refractivity contribution is 6.03. The van der Waals surface area contributed by atoms with Gasteiger partial charge >= 0.3 is 0 Å². The van der Waals surface area contributed by atoms with Crippen LogP contribution in [0.1, 0.15) is 24.2 Å². The Kier molecular flexibility index (Phi) is 3.80. The van der Waals surface area contributed by atoms with Crippen LogP contribution >= 0.6 is 0 Å². The summed E-state index contributed by atoms with van der Waals surface area (Å²) in [5, 5.41) is 13.0. The third-order valence-corrected chi connectivity index (χ3v) is 3.46. The summed E-state index contributed by atoms with van der Waals surface area (Å²) in [5.41, 5.74) is -0.445. The molecular formula is C15H16N2O4. The first kappa shape index (κ1) is 14.8. The molecule has 1 aromatic heterocycles. The smallest absolute Gasteiger partial charge is 0.267 e. The summed E-state index contributed by atoms with van der Waals surface area (Å²) in [5.74, 6) is -1.37. The molecule has 1 heterocycles. The van der Waals surface area contributed by atoms with Crippen LogP contribution in [0.15, 0.2) is 29.1 Å². The van der Waals surface area contributed by atoms with Gasteiger partial charge < -0.3 is 15.0 Å². The van der Waals surface area contributed by atoms with Gasteiger partial charge in [-0.3, -0.25) is 14.4 Å². The van der Waals surface area contributed by atoms with Crippen molar-refractivity contribution in [2.75, 3.05) is 0 Å². The van der Waals surface area contributed by atoms with Crippen LogP contribution in [-0.2, 0) is 11.8 Å². The van der Waals surface area contributed by atoms with Crippen LogP contribution < -0.4 is 10.9 Å². The molecule has 0 unspecified atom stereocenters. The van der Waals surface area contributed by atoms with Gasteiger partial charge in [0.1, 0.15) is 11.3 Å². The molecule has 1 amide bonds. The van der Waals surface area contributed by atoms with Crippen LogP contribution in [-0.4, -0.2) is 27.4 Å². The van der Waals surface area contributed by atoms with Gasteiger partial charge in [0, 0.05) is 12.4 Å². The topological polar surface area (TPSA) is 88.4 Å².